The molecule has 4 rings (SSSR count). The van der Waals surface area contributed by atoms with Gasteiger partial charge in [-0.15, -0.1) is 0 Å². The molecule has 2 amide bonds. The minimum absolute atomic E-state index is 0.0149. The van der Waals surface area contributed by atoms with E-state index in [0.29, 0.717) is 17.8 Å². The van der Waals surface area contributed by atoms with Gasteiger partial charge in [-0.05, 0) is 38.2 Å². The monoisotopic (exact) mass is 412 g/mol. The Bertz CT molecular complexity index is 973. The Morgan fingerprint density at radius 1 is 1.00 bits per heavy atom. The van der Waals surface area contributed by atoms with E-state index in [1.165, 1.54) is 19.2 Å². The van der Waals surface area contributed by atoms with Gasteiger partial charge in [-0.1, -0.05) is 12.8 Å². The van der Waals surface area contributed by atoms with Crippen LogP contribution in [0.15, 0.2) is 23.1 Å². The zero-order chi connectivity index (χ0) is 21.1. The summed E-state index contributed by atoms with van der Waals surface area (Å²) >= 11 is 0. The quantitative estimate of drug-likeness (QED) is 0.829. The summed E-state index contributed by atoms with van der Waals surface area (Å²) in [6, 6.07) is 2.55. The van der Waals surface area contributed by atoms with E-state index in [9.17, 15) is 14.4 Å². The zero-order valence-corrected chi connectivity index (χ0v) is 17.3. The fraction of sp³-hybridized carbons (Fsp3) is 0.571. The van der Waals surface area contributed by atoms with E-state index in [1.807, 2.05) is 4.90 Å². The third-order valence-electron chi connectivity index (χ3n) is 6.07. The summed E-state index contributed by atoms with van der Waals surface area (Å²) in [4.78, 5) is 41.7. The third kappa shape index (κ3) is 4.01. The molecule has 9 nitrogen and oxygen atoms in total. The number of carbonyl (C=O) groups is 2. The molecule has 1 atom stereocenters. The summed E-state index contributed by atoms with van der Waals surface area (Å²) < 4.78 is 1.16. The number of amides is 2. The number of aromatic nitrogens is 4. The maximum absolute atomic E-state index is 13.2. The molecule has 2 aliphatic rings. The first-order valence-corrected chi connectivity index (χ1v) is 10.7. The average molecular weight is 412 g/mol. The predicted octanol–water partition coefficient (Wildman–Crippen LogP) is 1.89. The number of rotatable bonds is 3. The van der Waals surface area contributed by atoms with Gasteiger partial charge in [0.15, 0.2) is 0 Å². The highest BCUT2D eigenvalue weighted by Crippen LogP contribution is 2.33. The van der Waals surface area contributed by atoms with Gasteiger partial charge in [-0.25, -0.2) is 4.68 Å². The second-order valence-electron chi connectivity index (χ2n) is 8.09. The molecule has 30 heavy (non-hydrogen) atoms. The Morgan fingerprint density at radius 3 is 2.47 bits per heavy atom. The van der Waals surface area contributed by atoms with Crippen LogP contribution in [0.4, 0.5) is 0 Å². The molecule has 1 N–H and O–H groups in total. The highest BCUT2D eigenvalue weighted by molar-refractivity contribution is 5.96. The Balaban J connectivity index is 1.61. The van der Waals surface area contributed by atoms with Crippen LogP contribution < -0.4 is 5.56 Å². The van der Waals surface area contributed by atoms with Crippen LogP contribution in [0.5, 0.6) is 0 Å². The van der Waals surface area contributed by atoms with Crippen LogP contribution in [0.25, 0.3) is 0 Å². The van der Waals surface area contributed by atoms with Crippen LogP contribution in [-0.2, 0) is 7.05 Å². The normalized spacial score (nSPS) is 20.1. The largest absolute Gasteiger partial charge is 0.339 e. The van der Waals surface area contributed by atoms with Crippen LogP contribution in [0.2, 0.25) is 0 Å². The Kier molecular flexibility index (Phi) is 5.96. The molecule has 0 aliphatic carbocycles. The summed E-state index contributed by atoms with van der Waals surface area (Å²) in [7, 11) is 1.53. The lowest BCUT2D eigenvalue weighted by molar-refractivity contribution is 0.0588. The fourth-order valence-corrected chi connectivity index (χ4v) is 4.40. The molecular formula is C21H28N6O3. The van der Waals surface area contributed by atoms with Gasteiger partial charge in [0, 0.05) is 32.7 Å². The van der Waals surface area contributed by atoms with Crippen molar-refractivity contribution in [2.24, 2.45) is 7.05 Å². The van der Waals surface area contributed by atoms with E-state index >= 15 is 0 Å². The van der Waals surface area contributed by atoms with Crippen molar-refractivity contribution >= 4 is 11.8 Å². The smallest absolute Gasteiger partial charge is 0.274 e. The molecule has 2 fully saturated rings. The SMILES string of the molecule is Cn1nc(C(=O)N2CCCC[C@@H]2c2[nH]ncc2C(=O)N2CCCCCC2)ccc1=O. The summed E-state index contributed by atoms with van der Waals surface area (Å²) in [5.74, 6) is -0.253. The topological polar surface area (TPSA) is 104 Å². The molecule has 4 heterocycles. The first-order valence-electron chi connectivity index (χ1n) is 10.7. The number of hydrogen-bond acceptors (Lipinski definition) is 5. The molecule has 0 saturated carbocycles. The van der Waals surface area contributed by atoms with Crippen LogP contribution in [0.1, 0.15) is 77.5 Å². The van der Waals surface area contributed by atoms with E-state index in [4.69, 9.17) is 0 Å². The van der Waals surface area contributed by atoms with Crippen molar-refractivity contribution < 1.29 is 9.59 Å². The molecule has 0 spiro atoms. The summed E-state index contributed by atoms with van der Waals surface area (Å²) in [6.45, 7) is 2.10. The fourth-order valence-electron chi connectivity index (χ4n) is 4.40. The summed E-state index contributed by atoms with van der Waals surface area (Å²) in [6.07, 6.45) is 8.53. The lowest BCUT2D eigenvalue weighted by Crippen LogP contribution is -2.41. The lowest BCUT2D eigenvalue weighted by atomic mass is 9.96. The van der Waals surface area contributed by atoms with Crippen LogP contribution in [0, 0.1) is 0 Å². The van der Waals surface area contributed by atoms with Crippen molar-refractivity contribution in [1.82, 2.24) is 29.8 Å². The van der Waals surface area contributed by atoms with Gasteiger partial charge in [0.2, 0.25) is 0 Å². The average Bonchev–Trinajstić information content (AvgIpc) is 3.09. The van der Waals surface area contributed by atoms with E-state index in [0.717, 1.165) is 62.7 Å². The van der Waals surface area contributed by atoms with Crippen molar-refractivity contribution in [3.8, 4) is 0 Å². The van der Waals surface area contributed by atoms with E-state index in [-0.39, 0.29) is 29.1 Å². The molecule has 160 valence electrons. The van der Waals surface area contributed by atoms with Gasteiger partial charge in [-0.2, -0.15) is 10.2 Å². The first-order chi connectivity index (χ1) is 14.6. The first kappa shape index (κ1) is 20.3. The number of carbonyl (C=O) groups excluding carboxylic acids is 2. The van der Waals surface area contributed by atoms with Gasteiger partial charge < -0.3 is 9.80 Å². The number of H-pyrrole nitrogens is 1. The molecule has 9 heteroatoms. The predicted molar refractivity (Wildman–Crippen MR) is 110 cm³/mol. The maximum atomic E-state index is 13.2. The molecular weight excluding hydrogens is 384 g/mol. The standard InChI is InChI=1S/C21H28N6O3/c1-25-18(28)10-9-16(24-25)21(30)27-13-7-4-8-17(27)19-15(14-22-23-19)20(29)26-11-5-2-3-6-12-26/h9-10,14,17H,2-8,11-13H2,1H3,(H,22,23)/t17-/m1/s1. The van der Waals surface area contributed by atoms with Crippen molar-refractivity contribution in [3.05, 3.63) is 45.6 Å². The van der Waals surface area contributed by atoms with Gasteiger partial charge in [0.25, 0.3) is 17.4 Å². The molecule has 2 aromatic rings. The molecule has 2 saturated heterocycles. The van der Waals surface area contributed by atoms with Gasteiger partial charge in [0.05, 0.1) is 23.5 Å². The van der Waals surface area contributed by atoms with Crippen molar-refractivity contribution in [3.63, 3.8) is 0 Å². The van der Waals surface area contributed by atoms with Gasteiger partial charge in [0.1, 0.15) is 5.69 Å². The van der Waals surface area contributed by atoms with Crippen molar-refractivity contribution in [2.75, 3.05) is 19.6 Å². The highest BCUT2D eigenvalue weighted by Gasteiger charge is 2.34. The van der Waals surface area contributed by atoms with Crippen molar-refractivity contribution in [2.45, 2.75) is 51.0 Å². The summed E-state index contributed by atoms with van der Waals surface area (Å²) in [5, 5.41) is 11.3. The number of piperidine rings is 1. The molecule has 0 aromatic carbocycles. The maximum Gasteiger partial charge on any atom is 0.274 e. The number of likely N-dealkylation sites (tertiary alicyclic amines) is 2. The molecule has 2 aliphatic heterocycles. The molecule has 0 bridgehead atoms. The zero-order valence-electron chi connectivity index (χ0n) is 17.3. The lowest BCUT2D eigenvalue weighted by Gasteiger charge is -2.35. The van der Waals surface area contributed by atoms with E-state index in [1.54, 1.807) is 11.1 Å². The third-order valence-corrected chi connectivity index (χ3v) is 6.07. The number of aryl methyl sites for hydroxylation is 1. The summed E-state index contributed by atoms with van der Waals surface area (Å²) in [5.41, 5.74) is 1.21. The minimum Gasteiger partial charge on any atom is -0.339 e. The minimum atomic E-state index is -0.265. The number of nitrogens with one attached hydrogen (secondary N) is 1. The van der Waals surface area contributed by atoms with Crippen LogP contribution in [-0.4, -0.2) is 61.2 Å². The van der Waals surface area contributed by atoms with Gasteiger partial charge in [-0.3, -0.25) is 19.5 Å². The Morgan fingerprint density at radius 2 is 1.73 bits per heavy atom. The second kappa shape index (κ2) is 8.81. The van der Waals surface area contributed by atoms with Crippen LogP contribution >= 0.6 is 0 Å². The molecule has 2 aromatic heterocycles. The highest BCUT2D eigenvalue weighted by atomic mass is 16.2. The Hall–Kier alpha value is -2.97. The molecule has 0 radical (unpaired) electrons. The number of nitrogens with zero attached hydrogens (tertiary/aromatic N) is 5. The van der Waals surface area contributed by atoms with Crippen molar-refractivity contribution in [1.29, 1.82) is 0 Å². The van der Waals surface area contributed by atoms with Gasteiger partial charge >= 0.3 is 0 Å². The molecule has 0 unspecified atom stereocenters. The Labute approximate surface area is 175 Å². The van der Waals surface area contributed by atoms with E-state index < -0.39 is 0 Å². The van der Waals surface area contributed by atoms with E-state index in [2.05, 4.69) is 15.3 Å². The number of hydrogen-bond donors (Lipinski definition) is 1. The van der Waals surface area contributed by atoms with Crippen LogP contribution in [0.3, 0.4) is 0 Å². The number of aromatic amines is 1. The second-order valence-corrected chi connectivity index (χ2v) is 8.09.